The highest BCUT2D eigenvalue weighted by Gasteiger charge is 2.25. The van der Waals surface area contributed by atoms with E-state index in [2.05, 4.69) is 4.98 Å². The Kier molecular flexibility index (Phi) is 4.55. The van der Waals surface area contributed by atoms with E-state index in [1.807, 2.05) is 6.07 Å². The molecule has 7 heteroatoms. The molecule has 0 atom stereocenters. The average molecular weight is 374 g/mol. The largest absolute Gasteiger partial charge is 0.467 e. The number of nitrogens with zero attached hydrogens (tertiary/aromatic N) is 2. The molecule has 0 aliphatic carbocycles. The van der Waals surface area contributed by atoms with Crippen molar-refractivity contribution in [1.82, 2.24) is 9.88 Å². The van der Waals surface area contributed by atoms with Gasteiger partial charge in [-0.25, -0.2) is 8.78 Å². The van der Waals surface area contributed by atoms with Crippen molar-refractivity contribution in [3.05, 3.63) is 59.7 Å². The second-order valence-corrected chi connectivity index (χ2v) is 7.18. The maximum atomic E-state index is 13.7. The van der Waals surface area contributed by atoms with Crippen molar-refractivity contribution in [2.24, 2.45) is 0 Å². The topological polar surface area (TPSA) is 42.4 Å². The number of hydrogen-bond acceptors (Lipinski definition) is 4. The lowest BCUT2D eigenvalue weighted by Gasteiger charge is -2.31. The normalized spacial score (nSPS) is 15.4. The van der Waals surface area contributed by atoms with Crippen LogP contribution in [0.1, 0.15) is 23.2 Å². The van der Waals surface area contributed by atoms with E-state index in [9.17, 15) is 13.6 Å². The SMILES string of the molecule is O=C(c1ccc(F)cc1)N1CCC(Oc2nc3c(F)cccc3s2)CC1. The number of para-hydroxylation sites is 1. The number of halogens is 2. The molecule has 1 saturated heterocycles. The molecule has 134 valence electrons. The monoisotopic (exact) mass is 374 g/mol. The predicted molar refractivity (Wildman–Crippen MR) is 95.5 cm³/mol. The maximum Gasteiger partial charge on any atom is 0.274 e. The van der Waals surface area contributed by atoms with Crippen LogP contribution >= 0.6 is 11.3 Å². The van der Waals surface area contributed by atoms with E-state index in [1.165, 1.54) is 41.7 Å². The molecule has 0 saturated carbocycles. The van der Waals surface area contributed by atoms with E-state index in [4.69, 9.17) is 4.74 Å². The van der Waals surface area contributed by atoms with Gasteiger partial charge in [0.2, 0.25) is 0 Å². The number of ether oxygens (including phenoxy) is 1. The molecule has 2 aromatic carbocycles. The lowest BCUT2D eigenvalue weighted by Crippen LogP contribution is -2.41. The Morgan fingerprint density at radius 3 is 2.54 bits per heavy atom. The van der Waals surface area contributed by atoms with Crippen LogP contribution in [0, 0.1) is 11.6 Å². The quantitative estimate of drug-likeness (QED) is 0.688. The van der Waals surface area contributed by atoms with Gasteiger partial charge in [0.05, 0.1) is 4.70 Å². The van der Waals surface area contributed by atoms with Gasteiger partial charge in [-0.1, -0.05) is 17.4 Å². The highest BCUT2D eigenvalue weighted by molar-refractivity contribution is 7.20. The van der Waals surface area contributed by atoms with Crippen LogP contribution in [0.3, 0.4) is 0 Å². The fraction of sp³-hybridized carbons (Fsp3) is 0.263. The molecule has 0 radical (unpaired) electrons. The van der Waals surface area contributed by atoms with Crippen molar-refractivity contribution in [1.29, 1.82) is 0 Å². The van der Waals surface area contributed by atoms with Crippen LogP contribution in [-0.2, 0) is 0 Å². The van der Waals surface area contributed by atoms with Gasteiger partial charge < -0.3 is 9.64 Å². The van der Waals surface area contributed by atoms with E-state index in [-0.39, 0.29) is 23.6 Å². The molecule has 4 rings (SSSR count). The summed E-state index contributed by atoms with van der Waals surface area (Å²) in [6.45, 7) is 1.11. The van der Waals surface area contributed by atoms with Crippen LogP contribution in [0.15, 0.2) is 42.5 Å². The first-order chi connectivity index (χ1) is 12.6. The van der Waals surface area contributed by atoms with E-state index in [0.717, 1.165) is 4.70 Å². The lowest BCUT2D eigenvalue weighted by atomic mass is 10.1. The van der Waals surface area contributed by atoms with Gasteiger partial charge >= 0.3 is 0 Å². The van der Waals surface area contributed by atoms with Gasteiger partial charge in [0.1, 0.15) is 23.3 Å². The summed E-state index contributed by atoms with van der Waals surface area (Å²) < 4.78 is 33.4. The van der Waals surface area contributed by atoms with E-state index < -0.39 is 0 Å². The molecule has 0 unspecified atom stereocenters. The number of amides is 1. The van der Waals surface area contributed by atoms with Crippen LogP contribution < -0.4 is 4.74 Å². The number of thiazole rings is 1. The summed E-state index contributed by atoms with van der Waals surface area (Å²) in [5.41, 5.74) is 0.809. The molecule has 4 nitrogen and oxygen atoms in total. The zero-order valence-corrected chi connectivity index (χ0v) is 14.6. The Morgan fingerprint density at radius 1 is 1.12 bits per heavy atom. The molecule has 1 aliphatic rings. The molecule has 26 heavy (non-hydrogen) atoms. The first-order valence-electron chi connectivity index (χ1n) is 8.37. The first-order valence-corrected chi connectivity index (χ1v) is 9.18. The van der Waals surface area contributed by atoms with Gasteiger partial charge in [0.25, 0.3) is 11.1 Å². The minimum Gasteiger partial charge on any atom is -0.467 e. The molecule has 0 N–H and O–H groups in total. The van der Waals surface area contributed by atoms with Crippen LogP contribution in [-0.4, -0.2) is 35.0 Å². The van der Waals surface area contributed by atoms with Crippen molar-refractivity contribution in [3.8, 4) is 5.19 Å². The van der Waals surface area contributed by atoms with Gasteiger partial charge in [0, 0.05) is 31.5 Å². The Morgan fingerprint density at radius 2 is 1.85 bits per heavy atom. The zero-order valence-electron chi connectivity index (χ0n) is 13.8. The van der Waals surface area contributed by atoms with Crippen LogP contribution in [0.2, 0.25) is 0 Å². The van der Waals surface area contributed by atoms with E-state index in [1.54, 1.807) is 11.0 Å². The average Bonchev–Trinajstić information content (AvgIpc) is 3.06. The standard InChI is InChI=1S/C19H16F2N2O2S/c20-13-6-4-12(5-7-13)18(24)23-10-8-14(9-11-23)25-19-22-17-15(21)2-1-3-16(17)26-19/h1-7,14H,8-11H2. The van der Waals surface area contributed by atoms with Gasteiger partial charge in [0.15, 0.2) is 0 Å². The molecule has 1 amide bonds. The van der Waals surface area contributed by atoms with E-state index >= 15 is 0 Å². The number of hydrogen-bond donors (Lipinski definition) is 0. The highest BCUT2D eigenvalue weighted by atomic mass is 32.1. The number of aromatic nitrogens is 1. The third-order valence-corrected chi connectivity index (χ3v) is 5.35. The van der Waals surface area contributed by atoms with Crippen molar-refractivity contribution >= 4 is 27.5 Å². The Balaban J connectivity index is 1.37. The second kappa shape index (κ2) is 6.99. The van der Waals surface area contributed by atoms with Crippen molar-refractivity contribution < 1.29 is 18.3 Å². The zero-order chi connectivity index (χ0) is 18.1. The summed E-state index contributed by atoms with van der Waals surface area (Å²) >= 11 is 1.32. The first kappa shape index (κ1) is 16.9. The minimum atomic E-state index is -0.360. The van der Waals surface area contributed by atoms with Crippen LogP contribution in [0.5, 0.6) is 5.19 Å². The molecule has 0 spiro atoms. The summed E-state index contributed by atoms with van der Waals surface area (Å²) in [5.74, 6) is -0.820. The molecular formula is C19H16F2N2O2S. The Hall–Kier alpha value is -2.54. The number of likely N-dealkylation sites (tertiary alicyclic amines) is 1. The smallest absolute Gasteiger partial charge is 0.274 e. The third kappa shape index (κ3) is 3.39. The lowest BCUT2D eigenvalue weighted by molar-refractivity contribution is 0.0595. The predicted octanol–water partition coefficient (Wildman–Crippen LogP) is 4.26. The number of carbonyl (C=O) groups excluding carboxylic acids is 1. The highest BCUT2D eigenvalue weighted by Crippen LogP contribution is 2.31. The maximum absolute atomic E-state index is 13.7. The van der Waals surface area contributed by atoms with E-state index in [0.29, 0.717) is 42.2 Å². The van der Waals surface area contributed by atoms with Crippen molar-refractivity contribution in [2.45, 2.75) is 18.9 Å². The minimum absolute atomic E-state index is 0.0594. The van der Waals surface area contributed by atoms with Gasteiger partial charge in [-0.3, -0.25) is 4.79 Å². The summed E-state index contributed by atoms with van der Waals surface area (Å²) in [7, 11) is 0. The summed E-state index contributed by atoms with van der Waals surface area (Å²) in [6.07, 6.45) is 1.28. The van der Waals surface area contributed by atoms with Crippen LogP contribution in [0.4, 0.5) is 8.78 Å². The number of rotatable bonds is 3. The number of benzene rings is 2. The Labute approximate surface area is 153 Å². The molecule has 2 heterocycles. The molecular weight excluding hydrogens is 358 g/mol. The number of fused-ring (bicyclic) bond motifs is 1. The van der Waals surface area contributed by atoms with Gasteiger partial charge in [-0.2, -0.15) is 4.98 Å². The molecule has 3 aromatic rings. The fourth-order valence-corrected chi connectivity index (χ4v) is 3.94. The summed E-state index contributed by atoms with van der Waals surface area (Å²) in [4.78, 5) is 18.4. The molecule has 1 aliphatic heterocycles. The van der Waals surface area contributed by atoms with Gasteiger partial charge in [-0.05, 0) is 36.4 Å². The van der Waals surface area contributed by atoms with Gasteiger partial charge in [-0.15, -0.1) is 0 Å². The molecule has 1 fully saturated rings. The van der Waals surface area contributed by atoms with Crippen molar-refractivity contribution in [2.75, 3.05) is 13.1 Å². The third-order valence-electron chi connectivity index (χ3n) is 4.44. The van der Waals surface area contributed by atoms with Crippen molar-refractivity contribution in [3.63, 3.8) is 0 Å². The fourth-order valence-electron chi connectivity index (χ4n) is 3.04. The summed E-state index contributed by atoms with van der Waals surface area (Å²) in [6, 6.07) is 10.4. The number of piperidine rings is 1. The van der Waals surface area contributed by atoms with Crippen LogP contribution in [0.25, 0.3) is 10.2 Å². The molecule has 1 aromatic heterocycles. The molecule has 0 bridgehead atoms. The second-order valence-electron chi connectivity index (χ2n) is 6.18. The summed E-state index contributed by atoms with van der Waals surface area (Å²) in [5, 5.41) is 0.452. The number of carbonyl (C=O) groups is 1. The Bertz CT molecular complexity index is 934.